The fourth-order valence-corrected chi connectivity index (χ4v) is 2.01. The van der Waals surface area contributed by atoms with E-state index in [1.54, 1.807) is 0 Å². The minimum atomic E-state index is -1.05. The molecule has 5 heteroatoms. The van der Waals surface area contributed by atoms with Gasteiger partial charge in [0.2, 0.25) is 0 Å². The van der Waals surface area contributed by atoms with Crippen LogP contribution in [-0.2, 0) is 0 Å². The van der Waals surface area contributed by atoms with Crippen molar-refractivity contribution in [2.45, 2.75) is 46.5 Å². The van der Waals surface area contributed by atoms with Gasteiger partial charge in [0.1, 0.15) is 5.69 Å². The lowest BCUT2D eigenvalue weighted by molar-refractivity contribution is 0.0695. The Morgan fingerprint density at radius 2 is 2.00 bits per heavy atom. The Kier molecular flexibility index (Phi) is 6.34. The van der Waals surface area contributed by atoms with Gasteiger partial charge >= 0.3 is 5.97 Å². The molecule has 1 aromatic heterocycles. The van der Waals surface area contributed by atoms with Crippen LogP contribution in [-0.4, -0.2) is 28.5 Å². The van der Waals surface area contributed by atoms with E-state index < -0.39 is 5.97 Å². The van der Waals surface area contributed by atoms with Crippen LogP contribution < -0.4 is 5.32 Å². The molecule has 0 spiro atoms. The second kappa shape index (κ2) is 7.76. The molecular formula is C16H24N2O3. The average molecular weight is 292 g/mol. The van der Waals surface area contributed by atoms with E-state index in [1.165, 1.54) is 31.2 Å². The third kappa shape index (κ3) is 5.94. The molecule has 0 fully saturated rings. The number of nitrogens with one attached hydrogen (secondary N) is 1. The molecule has 1 amide bonds. The van der Waals surface area contributed by atoms with E-state index in [2.05, 4.69) is 31.1 Å². The molecule has 0 aliphatic heterocycles. The number of nitrogens with zero attached hydrogens (tertiary/aromatic N) is 1. The highest BCUT2D eigenvalue weighted by Crippen LogP contribution is 2.22. The third-order valence-corrected chi connectivity index (χ3v) is 3.43. The van der Waals surface area contributed by atoms with Crippen molar-refractivity contribution in [2.75, 3.05) is 6.54 Å². The van der Waals surface area contributed by atoms with Gasteiger partial charge in [-0.1, -0.05) is 40.0 Å². The molecule has 0 radical (unpaired) electrons. The first-order valence-electron chi connectivity index (χ1n) is 7.33. The molecule has 0 atom stereocenters. The summed E-state index contributed by atoms with van der Waals surface area (Å²) in [5.74, 6) is -1.32. The predicted molar refractivity (Wildman–Crippen MR) is 81.5 cm³/mol. The lowest BCUT2D eigenvalue weighted by Crippen LogP contribution is -2.34. The Morgan fingerprint density at radius 1 is 1.29 bits per heavy atom. The number of amides is 1. The van der Waals surface area contributed by atoms with Gasteiger partial charge in [-0.25, -0.2) is 4.79 Å². The van der Waals surface area contributed by atoms with Crippen LogP contribution in [0.15, 0.2) is 18.3 Å². The van der Waals surface area contributed by atoms with Crippen LogP contribution in [0.1, 0.15) is 67.3 Å². The van der Waals surface area contributed by atoms with Crippen molar-refractivity contribution in [3.05, 3.63) is 29.6 Å². The normalized spacial score (nSPS) is 11.2. The minimum absolute atomic E-state index is 0.0475. The van der Waals surface area contributed by atoms with Gasteiger partial charge in [0, 0.05) is 12.7 Å². The van der Waals surface area contributed by atoms with Crippen LogP contribution >= 0.6 is 0 Å². The van der Waals surface area contributed by atoms with Crippen molar-refractivity contribution in [3.8, 4) is 0 Å². The standard InChI is InChI=1S/C16H24N2O3/c1-4-5-6-9-16(2,3)11-18-14(19)13-8-7-12(10-17-13)15(20)21/h7-8,10H,4-6,9,11H2,1-3H3,(H,18,19)(H,20,21). The molecule has 1 aromatic rings. The number of rotatable bonds is 8. The van der Waals surface area contributed by atoms with Crippen LogP contribution in [0.2, 0.25) is 0 Å². The summed E-state index contributed by atoms with van der Waals surface area (Å²) in [5.41, 5.74) is 0.363. The van der Waals surface area contributed by atoms with Crippen LogP contribution in [0.25, 0.3) is 0 Å². The Balaban J connectivity index is 2.51. The number of pyridine rings is 1. The average Bonchev–Trinajstić information content (AvgIpc) is 2.45. The van der Waals surface area contributed by atoms with Gasteiger partial charge < -0.3 is 10.4 Å². The second-order valence-corrected chi connectivity index (χ2v) is 6.04. The molecule has 0 aliphatic carbocycles. The smallest absolute Gasteiger partial charge is 0.337 e. The number of carbonyl (C=O) groups excluding carboxylic acids is 1. The highest BCUT2D eigenvalue weighted by Gasteiger charge is 2.19. The molecule has 1 heterocycles. The summed E-state index contributed by atoms with van der Waals surface area (Å²) < 4.78 is 0. The zero-order valence-electron chi connectivity index (χ0n) is 13.0. The number of aromatic nitrogens is 1. The summed E-state index contributed by atoms with van der Waals surface area (Å²) in [4.78, 5) is 26.6. The van der Waals surface area contributed by atoms with Gasteiger partial charge in [-0.3, -0.25) is 9.78 Å². The van der Waals surface area contributed by atoms with Crippen molar-refractivity contribution in [2.24, 2.45) is 5.41 Å². The van der Waals surface area contributed by atoms with Crippen molar-refractivity contribution < 1.29 is 14.7 Å². The maximum atomic E-state index is 12.0. The summed E-state index contributed by atoms with van der Waals surface area (Å²) in [7, 11) is 0. The third-order valence-electron chi connectivity index (χ3n) is 3.43. The van der Waals surface area contributed by atoms with E-state index in [4.69, 9.17) is 5.11 Å². The molecule has 1 rings (SSSR count). The first-order valence-corrected chi connectivity index (χ1v) is 7.33. The number of aromatic carboxylic acids is 1. The van der Waals surface area contributed by atoms with Gasteiger partial charge in [-0.2, -0.15) is 0 Å². The van der Waals surface area contributed by atoms with Crippen LogP contribution in [0, 0.1) is 5.41 Å². The molecular weight excluding hydrogens is 268 g/mol. The number of hydrogen-bond donors (Lipinski definition) is 2. The fraction of sp³-hybridized carbons (Fsp3) is 0.562. The first kappa shape index (κ1) is 17.1. The number of unbranched alkanes of at least 4 members (excludes halogenated alkanes) is 2. The van der Waals surface area contributed by atoms with Crippen molar-refractivity contribution >= 4 is 11.9 Å². The Morgan fingerprint density at radius 3 is 2.52 bits per heavy atom. The maximum Gasteiger partial charge on any atom is 0.337 e. The van der Waals surface area contributed by atoms with E-state index in [0.717, 1.165) is 12.8 Å². The minimum Gasteiger partial charge on any atom is -0.478 e. The summed E-state index contributed by atoms with van der Waals surface area (Å²) in [6.45, 7) is 7.01. The van der Waals surface area contributed by atoms with Gasteiger partial charge in [0.05, 0.1) is 5.56 Å². The topological polar surface area (TPSA) is 79.3 Å². The van der Waals surface area contributed by atoms with E-state index in [-0.39, 0.29) is 22.6 Å². The highest BCUT2D eigenvalue weighted by molar-refractivity contribution is 5.93. The molecule has 0 unspecified atom stereocenters. The summed E-state index contributed by atoms with van der Waals surface area (Å²) in [5, 5.41) is 11.7. The lowest BCUT2D eigenvalue weighted by atomic mass is 9.87. The largest absolute Gasteiger partial charge is 0.478 e. The van der Waals surface area contributed by atoms with Crippen LogP contribution in [0.3, 0.4) is 0 Å². The Bertz CT molecular complexity index is 481. The highest BCUT2D eigenvalue weighted by atomic mass is 16.4. The van der Waals surface area contributed by atoms with Gasteiger partial charge in [-0.15, -0.1) is 0 Å². The Labute approximate surface area is 125 Å². The number of carboxylic acids is 1. The molecule has 21 heavy (non-hydrogen) atoms. The van der Waals surface area contributed by atoms with E-state index in [0.29, 0.717) is 6.54 Å². The second-order valence-electron chi connectivity index (χ2n) is 6.04. The van der Waals surface area contributed by atoms with Gasteiger partial charge in [0.15, 0.2) is 0 Å². The molecule has 5 nitrogen and oxygen atoms in total. The van der Waals surface area contributed by atoms with Crippen LogP contribution in [0.5, 0.6) is 0 Å². The predicted octanol–water partition coefficient (Wildman–Crippen LogP) is 3.12. The quantitative estimate of drug-likeness (QED) is 0.721. The van der Waals surface area contributed by atoms with E-state index in [9.17, 15) is 9.59 Å². The Hall–Kier alpha value is -1.91. The van der Waals surface area contributed by atoms with Crippen molar-refractivity contribution in [3.63, 3.8) is 0 Å². The maximum absolute atomic E-state index is 12.0. The summed E-state index contributed by atoms with van der Waals surface area (Å²) in [6.07, 6.45) is 5.80. The number of hydrogen-bond acceptors (Lipinski definition) is 3. The van der Waals surface area contributed by atoms with E-state index in [1.807, 2.05) is 0 Å². The number of carboxylic acid groups (broad SMARTS) is 1. The first-order chi connectivity index (χ1) is 9.85. The fourth-order valence-electron chi connectivity index (χ4n) is 2.01. The van der Waals surface area contributed by atoms with Gasteiger partial charge in [0.25, 0.3) is 5.91 Å². The van der Waals surface area contributed by atoms with Crippen molar-refractivity contribution in [1.29, 1.82) is 0 Å². The van der Waals surface area contributed by atoms with Crippen molar-refractivity contribution in [1.82, 2.24) is 10.3 Å². The lowest BCUT2D eigenvalue weighted by Gasteiger charge is -2.24. The molecule has 0 saturated heterocycles. The zero-order chi connectivity index (χ0) is 15.9. The number of carbonyl (C=O) groups is 2. The molecule has 0 aromatic carbocycles. The zero-order valence-corrected chi connectivity index (χ0v) is 13.0. The van der Waals surface area contributed by atoms with E-state index >= 15 is 0 Å². The molecule has 0 saturated carbocycles. The monoisotopic (exact) mass is 292 g/mol. The summed E-state index contributed by atoms with van der Waals surface area (Å²) in [6, 6.07) is 2.82. The van der Waals surface area contributed by atoms with Gasteiger partial charge in [-0.05, 0) is 24.0 Å². The molecule has 0 aliphatic rings. The summed E-state index contributed by atoms with van der Waals surface area (Å²) >= 11 is 0. The molecule has 116 valence electrons. The SMILES string of the molecule is CCCCCC(C)(C)CNC(=O)c1ccc(C(=O)O)cn1. The van der Waals surface area contributed by atoms with Crippen LogP contribution in [0.4, 0.5) is 0 Å². The molecule has 2 N–H and O–H groups in total. The molecule has 0 bridgehead atoms.